The van der Waals surface area contributed by atoms with E-state index >= 15 is 0 Å². The van der Waals surface area contributed by atoms with Crippen molar-refractivity contribution in [2.75, 3.05) is 13.1 Å². The molecule has 0 rings (SSSR count). The molecule has 42 heavy (non-hydrogen) atoms. The molecule has 2 amide bonds. The van der Waals surface area contributed by atoms with Crippen LogP contribution in [0.15, 0.2) is 0 Å². The van der Waals surface area contributed by atoms with Gasteiger partial charge in [-0.1, -0.05) is 0 Å². The predicted octanol–water partition coefficient (Wildman–Crippen LogP) is 4.44. The zero-order chi connectivity index (χ0) is 34.0. The molecule has 0 fully saturated rings. The van der Waals surface area contributed by atoms with Crippen molar-refractivity contribution in [3.8, 4) is 0 Å². The number of aliphatic hydroxyl groups is 2. The van der Waals surface area contributed by atoms with Gasteiger partial charge in [0.25, 0.3) is 0 Å². The minimum Gasteiger partial charge on any atom is -0.389 e. The van der Waals surface area contributed by atoms with Crippen LogP contribution in [-0.2, 0) is 9.59 Å². The van der Waals surface area contributed by atoms with Crippen molar-refractivity contribution in [1.29, 1.82) is 0 Å². The van der Waals surface area contributed by atoms with Gasteiger partial charge in [0, 0.05) is 38.8 Å². The highest BCUT2D eigenvalue weighted by molar-refractivity contribution is 5.76. The summed E-state index contributed by atoms with van der Waals surface area (Å²) in [5, 5.41) is 22.0. The van der Waals surface area contributed by atoms with Crippen molar-refractivity contribution in [1.82, 2.24) is 10.6 Å². The fourth-order valence-corrected chi connectivity index (χ4v) is 2.56. The van der Waals surface area contributed by atoms with Crippen LogP contribution in [0.25, 0.3) is 0 Å². The number of carbonyl (C=O) groups excluding carboxylic acids is 2. The third-order valence-electron chi connectivity index (χ3n) is 5.21. The van der Waals surface area contributed by atoms with Crippen LogP contribution in [0.3, 0.4) is 0 Å². The van der Waals surface area contributed by atoms with Gasteiger partial charge in [-0.25, -0.2) is 0 Å². The van der Waals surface area contributed by atoms with E-state index in [2.05, 4.69) is 0 Å². The molecule has 0 radical (unpaired) electrons. The van der Waals surface area contributed by atoms with Crippen molar-refractivity contribution in [2.45, 2.75) is 85.8 Å². The van der Waals surface area contributed by atoms with Crippen LogP contribution < -0.4 is 10.6 Å². The summed E-state index contributed by atoms with van der Waals surface area (Å²) in [5.74, 6) is -44.2. The number of carbonyl (C=O) groups is 2. The van der Waals surface area contributed by atoms with Gasteiger partial charge in [0.05, 0.1) is 12.2 Å². The monoisotopic (exact) mass is 668 g/mol. The zero-order valence-electron chi connectivity index (χ0n) is 19.9. The summed E-state index contributed by atoms with van der Waals surface area (Å²) in [6, 6.07) is 0. The second-order valence-corrected chi connectivity index (χ2v) is 8.44. The Hall–Kier alpha value is -2.40. The number of hydrogen-bond acceptors (Lipinski definition) is 4. The molecule has 250 valence electrons. The first-order valence-corrected chi connectivity index (χ1v) is 10.6. The fourth-order valence-electron chi connectivity index (χ4n) is 2.56. The Labute approximate surface area is 221 Å². The highest BCUT2D eigenvalue weighted by Gasteiger charge is 2.82. The molecule has 0 spiro atoms. The fraction of sp³-hybridized carbons (Fsp3) is 0.889. The van der Waals surface area contributed by atoms with Gasteiger partial charge in [-0.05, 0) is 0 Å². The Bertz CT molecular complexity index is 860. The molecule has 0 saturated heterocycles. The van der Waals surface area contributed by atoms with Crippen molar-refractivity contribution in [3.63, 3.8) is 0 Å². The van der Waals surface area contributed by atoms with Gasteiger partial charge in [0.2, 0.25) is 11.8 Å². The van der Waals surface area contributed by atoms with E-state index < -0.39 is 111 Å². The molecule has 6 nitrogen and oxygen atoms in total. The molecule has 0 aromatic heterocycles. The average molecular weight is 668 g/mol. The largest absolute Gasteiger partial charge is 0.460 e. The Morgan fingerprint density at radius 2 is 0.714 bits per heavy atom. The van der Waals surface area contributed by atoms with Crippen LogP contribution in [0, 0.1) is 0 Å². The van der Waals surface area contributed by atoms with E-state index in [0.717, 1.165) is 0 Å². The lowest BCUT2D eigenvalue weighted by atomic mass is 9.99. The Kier molecular flexibility index (Phi) is 12.0. The summed E-state index contributed by atoms with van der Waals surface area (Å²) in [6.07, 6.45) is -27.6. The second-order valence-electron chi connectivity index (χ2n) is 8.44. The number of nitrogens with one attached hydrogen (secondary N) is 2. The zero-order valence-corrected chi connectivity index (χ0v) is 19.9. The molecule has 0 aromatic rings. The van der Waals surface area contributed by atoms with Crippen LogP contribution in [-0.4, -0.2) is 95.2 Å². The molecule has 0 aliphatic rings. The molecule has 2 atom stereocenters. The molecule has 0 heterocycles. The molecule has 24 heteroatoms. The van der Waals surface area contributed by atoms with E-state index in [1.807, 2.05) is 0 Å². The summed E-state index contributed by atoms with van der Waals surface area (Å²) in [5.41, 5.74) is 0. The summed E-state index contributed by atoms with van der Waals surface area (Å²) in [6.45, 7) is -2.46. The predicted molar refractivity (Wildman–Crippen MR) is 98.3 cm³/mol. The number of halogens is 18. The van der Waals surface area contributed by atoms with E-state index in [-0.39, 0.29) is 0 Å². The molecule has 0 saturated carbocycles. The standard InChI is InChI=1S/C18H18F18N2O4/c19-11(20,13(23,24)15(27,28)17(31,32)33)3-1-9(41)37-5-7(39)8(40)6-38-10(42)2-4-12(21,22)14(25,26)16(29,30)18(34,35)36/h7-8,39-40H,1-6H2,(H,37,41)(H,38,42). The van der Waals surface area contributed by atoms with Gasteiger partial charge in [0.15, 0.2) is 0 Å². The van der Waals surface area contributed by atoms with Gasteiger partial charge in [-0.3, -0.25) is 9.59 Å². The minimum atomic E-state index is -7.21. The third kappa shape index (κ3) is 8.36. The first-order valence-electron chi connectivity index (χ1n) is 10.6. The summed E-state index contributed by atoms with van der Waals surface area (Å²) >= 11 is 0. The maximum absolute atomic E-state index is 13.4. The average Bonchev–Trinajstić information content (AvgIpc) is 2.81. The van der Waals surface area contributed by atoms with Crippen molar-refractivity contribution in [2.24, 2.45) is 0 Å². The molecule has 0 aliphatic heterocycles. The molecule has 0 bridgehead atoms. The second kappa shape index (κ2) is 12.7. The van der Waals surface area contributed by atoms with E-state index in [0.29, 0.717) is 0 Å². The summed E-state index contributed by atoms with van der Waals surface area (Å²) < 4.78 is 229. The number of aliphatic hydroxyl groups excluding tert-OH is 2. The smallest absolute Gasteiger partial charge is 0.389 e. The van der Waals surface area contributed by atoms with E-state index in [1.165, 1.54) is 10.6 Å². The maximum Gasteiger partial charge on any atom is 0.460 e. The van der Waals surface area contributed by atoms with Gasteiger partial charge >= 0.3 is 47.9 Å². The van der Waals surface area contributed by atoms with Crippen LogP contribution in [0.1, 0.15) is 25.7 Å². The normalized spacial score (nSPS) is 16.2. The lowest BCUT2D eigenvalue weighted by molar-refractivity contribution is -0.396. The Morgan fingerprint density at radius 3 is 0.929 bits per heavy atom. The topological polar surface area (TPSA) is 98.7 Å². The van der Waals surface area contributed by atoms with Crippen LogP contribution in [0.5, 0.6) is 0 Å². The highest BCUT2D eigenvalue weighted by atomic mass is 19.4. The SMILES string of the molecule is O=C(CCC(F)(F)C(F)(F)C(F)(F)C(F)(F)F)NCC(O)C(O)CNC(=O)CCC(F)(F)C(F)(F)C(F)(F)C(F)(F)F. The van der Waals surface area contributed by atoms with E-state index in [1.54, 1.807) is 0 Å². The number of amides is 2. The number of rotatable bonds is 15. The van der Waals surface area contributed by atoms with Crippen molar-refractivity contribution in [3.05, 3.63) is 0 Å². The van der Waals surface area contributed by atoms with Crippen LogP contribution in [0.2, 0.25) is 0 Å². The summed E-state index contributed by atoms with van der Waals surface area (Å²) in [4.78, 5) is 22.9. The molecular weight excluding hydrogens is 650 g/mol. The number of alkyl halides is 18. The van der Waals surface area contributed by atoms with E-state index in [9.17, 15) is 98.8 Å². The molecule has 0 aromatic carbocycles. The Balaban J connectivity index is 4.87. The van der Waals surface area contributed by atoms with Gasteiger partial charge in [0.1, 0.15) is 0 Å². The van der Waals surface area contributed by atoms with Crippen molar-refractivity contribution >= 4 is 11.8 Å². The van der Waals surface area contributed by atoms with Crippen molar-refractivity contribution < 1.29 is 98.8 Å². The lowest BCUT2D eigenvalue weighted by Crippen LogP contribution is -2.61. The molecule has 2 unspecified atom stereocenters. The lowest BCUT2D eigenvalue weighted by Gasteiger charge is -2.33. The molecule has 0 aliphatic carbocycles. The van der Waals surface area contributed by atoms with Gasteiger partial charge in [-0.2, -0.15) is 79.0 Å². The first kappa shape index (κ1) is 39.6. The van der Waals surface area contributed by atoms with Crippen LogP contribution >= 0.6 is 0 Å². The highest BCUT2D eigenvalue weighted by Crippen LogP contribution is 2.55. The number of hydrogen-bond donors (Lipinski definition) is 4. The molecule has 4 N–H and O–H groups in total. The van der Waals surface area contributed by atoms with Gasteiger partial charge < -0.3 is 20.8 Å². The van der Waals surface area contributed by atoms with Crippen LogP contribution in [0.4, 0.5) is 79.0 Å². The molecular formula is C18H18F18N2O4. The maximum atomic E-state index is 13.4. The quantitative estimate of drug-likeness (QED) is 0.194. The van der Waals surface area contributed by atoms with Gasteiger partial charge in [-0.15, -0.1) is 0 Å². The summed E-state index contributed by atoms with van der Waals surface area (Å²) in [7, 11) is 0. The Morgan fingerprint density at radius 1 is 0.476 bits per heavy atom. The third-order valence-corrected chi connectivity index (χ3v) is 5.21. The van der Waals surface area contributed by atoms with E-state index in [4.69, 9.17) is 0 Å². The minimum absolute atomic E-state index is 1.23. The first-order chi connectivity index (χ1) is 18.3.